The summed E-state index contributed by atoms with van der Waals surface area (Å²) in [5.41, 5.74) is 7.30. The highest BCUT2D eigenvalue weighted by atomic mass is 35.5. The van der Waals surface area contributed by atoms with Crippen molar-refractivity contribution in [2.45, 2.75) is 13.5 Å². The van der Waals surface area contributed by atoms with E-state index in [2.05, 4.69) is 5.10 Å². The lowest BCUT2D eigenvalue weighted by Gasteiger charge is -2.08. The molecule has 0 spiro atoms. The number of hydrogen-bond donors (Lipinski definition) is 1. The first-order chi connectivity index (χ1) is 9.08. The zero-order valence-electron chi connectivity index (χ0n) is 10.5. The Morgan fingerprint density at radius 2 is 2.32 bits per heavy atom. The van der Waals surface area contributed by atoms with E-state index in [9.17, 15) is 0 Å². The van der Waals surface area contributed by atoms with Crippen molar-refractivity contribution < 1.29 is 4.74 Å². The molecular weight excluding hydrogens is 282 g/mol. The molecule has 2 rings (SSSR count). The van der Waals surface area contributed by atoms with E-state index in [1.807, 2.05) is 31.2 Å². The number of halogens is 1. The van der Waals surface area contributed by atoms with Crippen LogP contribution in [0.5, 0.6) is 5.75 Å². The van der Waals surface area contributed by atoms with E-state index in [1.165, 1.54) is 0 Å². The highest BCUT2D eigenvalue weighted by Gasteiger charge is 2.04. The number of nitrogens with two attached hydrogens (primary N) is 1. The van der Waals surface area contributed by atoms with E-state index in [1.54, 1.807) is 10.9 Å². The Balaban J connectivity index is 1.94. The Morgan fingerprint density at radius 3 is 2.95 bits per heavy atom. The van der Waals surface area contributed by atoms with Crippen LogP contribution >= 0.6 is 23.8 Å². The lowest BCUT2D eigenvalue weighted by atomic mass is 10.2. The lowest BCUT2D eigenvalue weighted by Crippen LogP contribution is -2.12. The minimum absolute atomic E-state index is 0.361. The van der Waals surface area contributed by atoms with Crippen LogP contribution in [0.25, 0.3) is 0 Å². The third kappa shape index (κ3) is 3.45. The molecule has 6 heteroatoms. The second-order valence-corrected chi connectivity index (χ2v) is 4.89. The maximum atomic E-state index is 5.93. The number of nitrogens with zero attached hydrogens (tertiary/aromatic N) is 2. The monoisotopic (exact) mass is 295 g/mol. The molecule has 0 amide bonds. The van der Waals surface area contributed by atoms with Gasteiger partial charge in [0.05, 0.1) is 23.5 Å². The van der Waals surface area contributed by atoms with Crippen molar-refractivity contribution in [2.75, 3.05) is 6.61 Å². The standard InChI is InChI=1S/C13H14ClN3OS/c1-9-12(14)8-16-17(9)5-6-18-11-4-2-3-10(7-11)13(15)19/h2-4,7-8H,5-6H2,1H3,(H2,15,19). The molecule has 0 aliphatic heterocycles. The average molecular weight is 296 g/mol. The van der Waals surface area contributed by atoms with E-state index < -0.39 is 0 Å². The van der Waals surface area contributed by atoms with Crippen LogP contribution in [0.4, 0.5) is 0 Å². The molecular formula is C13H14ClN3OS. The molecule has 0 saturated heterocycles. The van der Waals surface area contributed by atoms with Crippen LogP contribution in [0.1, 0.15) is 11.3 Å². The van der Waals surface area contributed by atoms with Gasteiger partial charge < -0.3 is 10.5 Å². The van der Waals surface area contributed by atoms with Crippen molar-refractivity contribution in [1.29, 1.82) is 0 Å². The van der Waals surface area contributed by atoms with Gasteiger partial charge in [0.2, 0.25) is 0 Å². The van der Waals surface area contributed by atoms with E-state index in [4.69, 9.17) is 34.3 Å². The molecule has 19 heavy (non-hydrogen) atoms. The molecule has 0 saturated carbocycles. The molecule has 4 nitrogen and oxygen atoms in total. The number of thiocarbonyl (C=S) groups is 1. The zero-order valence-corrected chi connectivity index (χ0v) is 12.0. The summed E-state index contributed by atoms with van der Waals surface area (Å²) < 4.78 is 7.45. The Hall–Kier alpha value is -1.59. The largest absolute Gasteiger partial charge is 0.492 e. The maximum absolute atomic E-state index is 5.93. The first kappa shape index (κ1) is 13.8. The number of ether oxygens (including phenoxy) is 1. The summed E-state index contributed by atoms with van der Waals surface area (Å²) in [6.45, 7) is 3.05. The van der Waals surface area contributed by atoms with E-state index in [0.29, 0.717) is 23.2 Å². The predicted octanol–water partition coefficient (Wildman–Crippen LogP) is 2.56. The predicted molar refractivity (Wildman–Crippen MR) is 79.8 cm³/mol. The van der Waals surface area contributed by atoms with Gasteiger partial charge in [0.1, 0.15) is 17.3 Å². The molecule has 0 atom stereocenters. The zero-order chi connectivity index (χ0) is 13.8. The SMILES string of the molecule is Cc1c(Cl)cnn1CCOc1cccc(C(N)=S)c1. The first-order valence-electron chi connectivity index (χ1n) is 5.78. The molecule has 0 fully saturated rings. The van der Waals surface area contributed by atoms with Gasteiger partial charge in [-0.25, -0.2) is 0 Å². The summed E-state index contributed by atoms with van der Waals surface area (Å²) in [5.74, 6) is 0.737. The summed E-state index contributed by atoms with van der Waals surface area (Å²) in [5, 5.41) is 4.82. The molecule has 0 unspecified atom stereocenters. The van der Waals surface area contributed by atoms with Crippen molar-refractivity contribution in [3.8, 4) is 5.75 Å². The van der Waals surface area contributed by atoms with Crippen LogP contribution < -0.4 is 10.5 Å². The fourth-order valence-corrected chi connectivity index (χ4v) is 1.91. The Bertz CT molecular complexity index is 597. The van der Waals surface area contributed by atoms with Gasteiger partial charge in [0.25, 0.3) is 0 Å². The van der Waals surface area contributed by atoms with Gasteiger partial charge in [-0.1, -0.05) is 36.0 Å². The molecule has 0 radical (unpaired) electrons. The lowest BCUT2D eigenvalue weighted by molar-refractivity contribution is 0.290. The van der Waals surface area contributed by atoms with Crippen molar-refractivity contribution in [2.24, 2.45) is 5.73 Å². The fraction of sp³-hybridized carbons (Fsp3) is 0.231. The number of aromatic nitrogens is 2. The van der Waals surface area contributed by atoms with Crippen LogP contribution in [-0.4, -0.2) is 21.4 Å². The van der Waals surface area contributed by atoms with E-state index in [-0.39, 0.29) is 0 Å². The Labute approximate surface area is 122 Å². The number of hydrogen-bond acceptors (Lipinski definition) is 3. The van der Waals surface area contributed by atoms with Crippen molar-refractivity contribution in [3.05, 3.63) is 46.7 Å². The summed E-state index contributed by atoms with van der Waals surface area (Å²) in [6, 6.07) is 7.41. The smallest absolute Gasteiger partial charge is 0.120 e. The highest BCUT2D eigenvalue weighted by molar-refractivity contribution is 7.80. The third-order valence-electron chi connectivity index (χ3n) is 2.73. The Morgan fingerprint density at radius 1 is 1.53 bits per heavy atom. The number of benzene rings is 1. The molecule has 0 aliphatic rings. The molecule has 0 bridgehead atoms. The van der Waals surface area contributed by atoms with E-state index >= 15 is 0 Å². The maximum Gasteiger partial charge on any atom is 0.120 e. The van der Waals surface area contributed by atoms with Gasteiger partial charge in [0.15, 0.2) is 0 Å². The van der Waals surface area contributed by atoms with Crippen LogP contribution in [0.3, 0.4) is 0 Å². The first-order valence-corrected chi connectivity index (χ1v) is 6.57. The molecule has 0 aliphatic carbocycles. The summed E-state index contributed by atoms with van der Waals surface area (Å²) >= 11 is 10.9. The van der Waals surface area contributed by atoms with Crippen LogP contribution in [0.2, 0.25) is 5.02 Å². The normalized spacial score (nSPS) is 10.4. The van der Waals surface area contributed by atoms with E-state index in [0.717, 1.165) is 17.0 Å². The average Bonchev–Trinajstić information content (AvgIpc) is 2.71. The van der Waals surface area contributed by atoms with Crippen LogP contribution in [-0.2, 0) is 6.54 Å². The minimum Gasteiger partial charge on any atom is -0.492 e. The van der Waals surface area contributed by atoms with Crippen LogP contribution in [0.15, 0.2) is 30.5 Å². The van der Waals surface area contributed by atoms with Gasteiger partial charge in [-0.05, 0) is 19.1 Å². The molecule has 1 aromatic heterocycles. The third-order valence-corrected chi connectivity index (χ3v) is 3.34. The molecule has 2 N–H and O–H groups in total. The van der Waals surface area contributed by atoms with Crippen molar-refractivity contribution in [1.82, 2.24) is 9.78 Å². The highest BCUT2D eigenvalue weighted by Crippen LogP contribution is 2.15. The Kier molecular flexibility index (Phi) is 4.39. The topological polar surface area (TPSA) is 53.1 Å². The van der Waals surface area contributed by atoms with Crippen molar-refractivity contribution in [3.63, 3.8) is 0 Å². The number of rotatable bonds is 5. The quantitative estimate of drug-likeness (QED) is 0.861. The molecule has 1 aromatic carbocycles. The molecule has 100 valence electrons. The van der Waals surface area contributed by atoms with Gasteiger partial charge in [0, 0.05) is 5.56 Å². The fourth-order valence-electron chi connectivity index (χ4n) is 1.64. The second kappa shape index (κ2) is 6.04. The molecule has 2 aromatic rings. The van der Waals surface area contributed by atoms with Gasteiger partial charge in [-0.15, -0.1) is 0 Å². The van der Waals surface area contributed by atoms with Gasteiger partial charge in [-0.3, -0.25) is 4.68 Å². The summed E-state index contributed by atoms with van der Waals surface area (Å²) in [7, 11) is 0. The molecule has 1 heterocycles. The minimum atomic E-state index is 0.361. The van der Waals surface area contributed by atoms with Gasteiger partial charge >= 0.3 is 0 Å². The second-order valence-electron chi connectivity index (χ2n) is 4.04. The van der Waals surface area contributed by atoms with Crippen molar-refractivity contribution >= 4 is 28.8 Å². The van der Waals surface area contributed by atoms with Gasteiger partial charge in [-0.2, -0.15) is 5.10 Å². The summed E-state index contributed by atoms with van der Waals surface area (Å²) in [4.78, 5) is 0.361. The summed E-state index contributed by atoms with van der Waals surface area (Å²) in [6.07, 6.45) is 1.63. The van der Waals surface area contributed by atoms with Crippen LogP contribution in [0, 0.1) is 6.92 Å².